The molecule has 0 aromatic carbocycles. The minimum atomic E-state index is -1.15. The Morgan fingerprint density at radius 2 is 2.20 bits per heavy atom. The van der Waals surface area contributed by atoms with E-state index in [1.165, 1.54) is 0 Å². The van der Waals surface area contributed by atoms with E-state index < -0.39 is 5.60 Å². The second-order valence-corrected chi connectivity index (χ2v) is 7.42. The molecule has 1 saturated heterocycles. The number of amides is 1. The van der Waals surface area contributed by atoms with Crippen molar-refractivity contribution in [3.8, 4) is 0 Å². The summed E-state index contributed by atoms with van der Waals surface area (Å²) in [6, 6.07) is 0.179. The zero-order valence-electron chi connectivity index (χ0n) is 14.7. The van der Waals surface area contributed by atoms with Crippen LogP contribution in [0.2, 0.25) is 0 Å². The summed E-state index contributed by atoms with van der Waals surface area (Å²) in [4.78, 5) is 14.6. The molecule has 2 N–H and O–H groups in total. The van der Waals surface area contributed by atoms with Crippen molar-refractivity contribution in [2.45, 2.75) is 57.6 Å². The molecule has 2 aromatic rings. The van der Waals surface area contributed by atoms with Crippen LogP contribution in [-0.2, 0) is 18.4 Å². The average Bonchev–Trinajstić information content (AvgIpc) is 3.30. The van der Waals surface area contributed by atoms with Crippen LogP contribution in [0.3, 0.4) is 0 Å². The molecule has 2 aromatic heterocycles. The fraction of sp³-hybridized carbons (Fsp3) is 0.647. The summed E-state index contributed by atoms with van der Waals surface area (Å²) in [5.41, 5.74) is 2.02. The number of aromatic amines is 1. The fourth-order valence-corrected chi connectivity index (χ4v) is 3.81. The molecule has 1 aliphatic heterocycles. The van der Waals surface area contributed by atoms with Crippen molar-refractivity contribution in [1.29, 1.82) is 0 Å². The van der Waals surface area contributed by atoms with E-state index in [0.29, 0.717) is 24.4 Å². The van der Waals surface area contributed by atoms with Crippen LogP contribution in [0, 0.1) is 0 Å². The van der Waals surface area contributed by atoms with Gasteiger partial charge in [0.15, 0.2) is 5.69 Å². The topological polar surface area (TPSA) is 99.9 Å². The van der Waals surface area contributed by atoms with E-state index in [-0.39, 0.29) is 18.5 Å². The highest BCUT2D eigenvalue weighted by atomic mass is 16.3. The van der Waals surface area contributed by atoms with Gasteiger partial charge in [-0.1, -0.05) is 5.21 Å². The maximum Gasteiger partial charge on any atom is 0.274 e. The van der Waals surface area contributed by atoms with E-state index in [0.717, 1.165) is 36.9 Å². The molecule has 8 nitrogen and oxygen atoms in total. The lowest BCUT2D eigenvalue weighted by Crippen LogP contribution is -2.49. The standard InChI is InChI=1S/C17H24N6O2/c1-11(2)23-9-14(19-21-23)17(25)7-4-8-22(10-17)16(24)15-12-5-3-6-13(12)18-20-15/h9,11,25H,3-8,10H2,1-2H3,(H,18,20)/t17-/m1/s1. The van der Waals surface area contributed by atoms with E-state index in [2.05, 4.69) is 20.5 Å². The molecule has 1 aliphatic carbocycles. The van der Waals surface area contributed by atoms with Crippen LogP contribution >= 0.6 is 0 Å². The third kappa shape index (κ3) is 2.74. The van der Waals surface area contributed by atoms with E-state index in [9.17, 15) is 9.90 Å². The van der Waals surface area contributed by atoms with Gasteiger partial charge >= 0.3 is 0 Å². The first-order valence-electron chi connectivity index (χ1n) is 8.98. The Kier molecular flexibility index (Phi) is 3.87. The normalized spacial score (nSPS) is 23.3. The van der Waals surface area contributed by atoms with Gasteiger partial charge in [0.05, 0.1) is 12.7 Å². The number of β-amino-alcohol motifs (C(OH)–C–C–N with tert-alkyl or cyclic N) is 1. The van der Waals surface area contributed by atoms with Gasteiger partial charge in [-0.3, -0.25) is 9.89 Å². The minimum Gasteiger partial charge on any atom is -0.382 e. The number of aromatic nitrogens is 5. The second kappa shape index (κ2) is 5.94. The number of aliphatic hydroxyl groups is 1. The number of carbonyl (C=O) groups is 1. The second-order valence-electron chi connectivity index (χ2n) is 7.42. The van der Waals surface area contributed by atoms with E-state index in [4.69, 9.17) is 0 Å². The molecule has 134 valence electrons. The monoisotopic (exact) mass is 344 g/mol. The molecular formula is C17H24N6O2. The molecule has 3 heterocycles. The summed E-state index contributed by atoms with van der Waals surface area (Å²) >= 11 is 0. The Morgan fingerprint density at radius 3 is 2.96 bits per heavy atom. The maximum absolute atomic E-state index is 12.9. The molecule has 0 unspecified atom stereocenters. The summed E-state index contributed by atoms with van der Waals surface area (Å²) < 4.78 is 1.73. The molecule has 0 radical (unpaired) electrons. The highest BCUT2D eigenvalue weighted by molar-refractivity contribution is 5.94. The quantitative estimate of drug-likeness (QED) is 0.871. The number of hydrogen-bond acceptors (Lipinski definition) is 5. The predicted molar refractivity (Wildman–Crippen MR) is 90.1 cm³/mol. The molecular weight excluding hydrogens is 320 g/mol. The zero-order valence-corrected chi connectivity index (χ0v) is 14.7. The van der Waals surface area contributed by atoms with Gasteiger partial charge in [0, 0.05) is 23.8 Å². The number of aryl methyl sites for hydroxylation is 1. The molecule has 2 aliphatic rings. The fourth-order valence-electron chi connectivity index (χ4n) is 3.81. The number of rotatable bonds is 3. The highest BCUT2D eigenvalue weighted by Gasteiger charge is 2.40. The van der Waals surface area contributed by atoms with Gasteiger partial charge in [0.25, 0.3) is 5.91 Å². The summed E-state index contributed by atoms with van der Waals surface area (Å²) in [5, 5.41) is 26.6. The Bertz CT molecular complexity index is 795. The van der Waals surface area contributed by atoms with Gasteiger partial charge in [-0.15, -0.1) is 5.10 Å². The molecule has 1 amide bonds. The lowest BCUT2D eigenvalue weighted by atomic mass is 9.89. The van der Waals surface area contributed by atoms with Crippen LogP contribution < -0.4 is 0 Å². The van der Waals surface area contributed by atoms with Gasteiger partial charge in [-0.25, -0.2) is 4.68 Å². The number of likely N-dealkylation sites (tertiary alicyclic amines) is 1. The Labute approximate surface area is 146 Å². The summed E-state index contributed by atoms with van der Waals surface area (Å²) in [6.45, 7) is 4.88. The number of H-pyrrole nitrogens is 1. The molecule has 1 atom stereocenters. The number of hydrogen-bond donors (Lipinski definition) is 2. The van der Waals surface area contributed by atoms with E-state index in [1.54, 1.807) is 15.8 Å². The first-order chi connectivity index (χ1) is 12.0. The smallest absolute Gasteiger partial charge is 0.274 e. The molecule has 0 spiro atoms. The zero-order chi connectivity index (χ0) is 17.6. The van der Waals surface area contributed by atoms with Crippen molar-refractivity contribution < 1.29 is 9.90 Å². The molecule has 0 bridgehead atoms. The van der Waals surface area contributed by atoms with E-state index in [1.807, 2.05) is 13.8 Å². The van der Waals surface area contributed by atoms with Crippen LogP contribution in [0.4, 0.5) is 0 Å². The molecule has 25 heavy (non-hydrogen) atoms. The largest absolute Gasteiger partial charge is 0.382 e. The van der Waals surface area contributed by atoms with Crippen LogP contribution in [0.5, 0.6) is 0 Å². The molecule has 8 heteroatoms. The first kappa shape index (κ1) is 16.3. The highest BCUT2D eigenvalue weighted by Crippen LogP contribution is 2.32. The van der Waals surface area contributed by atoms with Crippen molar-refractivity contribution in [2.75, 3.05) is 13.1 Å². The molecule has 4 rings (SSSR count). The summed E-state index contributed by atoms with van der Waals surface area (Å²) in [5.74, 6) is -0.103. The lowest BCUT2D eigenvalue weighted by Gasteiger charge is -2.37. The maximum atomic E-state index is 12.9. The van der Waals surface area contributed by atoms with Crippen LogP contribution in [0.15, 0.2) is 6.20 Å². The third-order valence-corrected chi connectivity index (χ3v) is 5.28. The minimum absolute atomic E-state index is 0.103. The van der Waals surface area contributed by atoms with Gasteiger partial charge in [0.2, 0.25) is 0 Å². The van der Waals surface area contributed by atoms with Crippen LogP contribution in [0.1, 0.15) is 66.6 Å². The average molecular weight is 344 g/mol. The van der Waals surface area contributed by atoms with Crippen molar-refractivity contribution in [1.82, 2.24) is 30.1 Å². The van der Waals surface area contributed by atoms with Crippen molar-refractivity contribution in [2.24, 2.45) is 0 Å². The van der Waals surface area contributed by atoms with Crippen molar-refractivity contribution in [3.05, 3.63) is 28.8 Å². The number of fused-ring (bicyclic) bond motifs is 1. The van der Waals surface area contributed by atoms with Gasteiger partial charge in [-0.2, -0.15) is 5.10 Å². The van der Waals surface area contributed by atoms with Gasteiger partial charge in [0.1, 0.15) is 11.3 Å². The Balaban J connectivity index is 1.56. The summed E-state index contributed by atoms with van der Waals surface area (Å²) in [7, 11) is 0. The molecule has 1 fully saturated rings. The third-order valence-electron chi connectivity index (χ3n) is 5.28. The van der Waals surface area contributed by atoms with Gasteiger partial charge < -0.3 is 10.0 Å². The van der Waals surface area contributed by atoms with Crippen molar-refractivity contribution in [3.63, 3.8) is 0 Å². The van der Waals surface area contributed by atoms with Crippen LogP contribution in [-0.4, -0.2) is 54.2 Å². The predicted octanol–water partition coefficient (Wildman–Crippen LogP) is 1.19. The van der Waals surface area contributed by atoms with Crippen molar-refractivity contribution >= 4 is 5.91 Å². The Morgan fingerprint density at radius 1 is 1.36 bits per heavy atom. The summed E-state index contributed by atoms with van der Waals surface area (Å²) in [6.07, 6.45) is 6.00. The number of nitrogens with zero attached hydrogens (tertiary/aromatic N) is 5. The molecule has 0 saturated carbocycles. The first-order valence-corrected chi connectivity index (χ1v) is 8.98. The SMILES string of the molecule is CC(C)n1cc([C@@]2(O)CCCN(C(=O)c3n[nH]c4c3CCC4)C2)nn1. The number of piperidine rings is 1. The Hall–Kier alpha value is -2.22. The van der Waals surface area contributed by atoms with E-state index >= 15 is 0 Å². The number of nitrogens with one attached hydrogen (secondary N) is 1. The van der Waals surface area contributed by atoms with Crippen LogP contribution in [0.25, 0.3) is 0 Å². The van der Waals surface area contributed by atoms with Gasteiger partial charge in [-0.05, 0) is 46.0 Å². The number of carbonyl (C=O) groups excluding carboxylic acids is 1. The lowest BCUT2D eigenvalue weighted by molar-refractivity contribution is -0.0322.